The normalized spacial score (nSPS) is 11.1. The van der Waals surface area contributed by atoms with Gasteiger partial charge in [0.2, 0.25) is 11.2 Å². The Balaban J connectivity index is 2.38. The minimum Gasteiger partial charge on any atom is -0.505 e. The van der Waals surface area contributed by atoms with Crippen LogP contribution in [-0.2, 0) is 6.61 Å². The fraction of sp³-hybridized carbons (Fsp3) is 0.0714. The summed E-state index contributed by atoms with van der Waals surface area (Å²) in [6, 6.07) is 4.68. The summed E-state index contributed by atoms with van der Waals surface area (Å²) in [6.07, 6.45) is 2.66. The van der Waals surface area contributed by atoms with Gasteiger partial charge in [0, 0.05) is 6.07 Å². The molecule has 0 aliphatic heterocycles. The fourth-order valence-electron chi connectivity index (χ4n) is 1.54. The molecular formula is C14H11FO5. The molecular weight excluding hydrogens is 267 g/mol. The first-order valence-corrected chi connectivity index (χ1v) is 5.64. The molecule has 3 N–H and O–H groups in total. The van der Waals surface area contributed by atoms with Crippen LogP contribution in [0.15, 0.2) is 33.5 Å². The second-order valence-electron chi connectivity index (χ2n) is 3.99. The average molecular weight is 278 g/mol. The van der Waals surface area contributed by atoms with Crippen molar-refractivity contribution in [1.82, 2.24) is 0 Å². The highest BCUT2D eigenvalue weighted by atomic mass is 19.1. The molecule has 104 valence electrons. The molecule has 1 heterocycles. The molecule has 2 aromatic rings. The molecule has 5 nitrogen and oxygen atoms in total. The molecule has 1 aromatic carbocycles. The van der Waals surface area contributed by atoms with Gasteiger partial charge in [0.15, 0.2) is 17.3 Å². The number of aliphatic hydroxyl groups excluding tert-OH is 1. The molecule has 0 aliphatic rings. The third-order valence-corrected chi connectivity index (χ3v) is 2.55. The fourth-order valence-corrected chi connectivity index (χ4v) is 1.54. The van der Waals surface area contributed by atoms with E-state index in [0.29, 0.717) is 5.56 Å². The zero-order valence-corrected chi connectivity index (χ0v) is 10.2. The van der Waals surface area contributed by atoms with Crippen LogP contribution in [0.5, 0.6) is 11.5 Å². The first-order valence-electron chi connectivity index (χ1n) is 5.64. The van der Waals surface area contributed by atoms with Crippen LogP contribution in [0.2, 0.25) is 0 Å². The van der Waals surface area contributed by atoms with Crippen molar-refractivity contribution in [3.05, 3.63) is 57.4 Å². The van der Waals surface area contributed by atoms with E-state index in [9.17, 15) is 14.3 Å². The maximum atomic E-state index is 13.1. The van der Waals surface area contributed by atoms with Crippen LogP contribution in [0.1, 0.15) is 17.1 Å². The van der Waals surface area contributed by atoms with Gasteiger partial charge in [-0.15, -0.1) is 0 Å². The average Bonchev–Trinajstić information content (AvgIpc) is 2.44. The van der Waals surface area contributed by atoms with Crippen molar-refractivity contribution in [3.63, 3.8) is 0 Å². The van der Waals surface area contributed by atoms with Gasteiger partial charge in [-0.3, -0.25) is 4.79 Å². The van der Waals surface area contributed by atoms with E-state index in [-0.39, 0.29) is 11.5 Å². The van der Waals surface area contributed by atoms with Gasteiger partial charge >= 0.3 is 0 Å². The van der Waals surface area contributed by atoms with Crippen LogP contribution in [-0.4, -0.2) is 15.3 Å². The number of phenols is 1. The van der Waals surface area contributed by atoms with Crippen molar-refractivity contribution in [3.8, 4) is 11.5 Å². The molecule has 0 bridgehead atoms. The number of halogens is 1. The summed E-state index contributed by atoms with van der Waals surface area (Å²) in [7, 11) is 0. The summed E-state index contributed by atoms with van der Waals surface area (Å²) in [5.74, 6) is -2.00. The van der Waals surface area contributed by atoms with E-state index >= 15 is 0 Å². The van der Waals surface area contributed by atoms with Gasteiger partial charge in [0.1, 0.15) is 12.4 Å². The number of benzene rings is 1. The monoisotopic (exact) mass is 278 g/mol. The van der Waals surface area contributed by atoms with E-state index in [0.717, 1.165) is 12.1 Å². The Morgan fingerprint density at radius 2 is 1.95 bits per heavy atom. The maximum absolute atomic E-state index is 13.1. The van der Waals surface area contributed by atoms with Crippen molar-refractivity contribution >= 4 is 12.2 Å². The highest BCUT2D eigenvalue weighted by molar-refractivity contribution is 5.69. The molecule has 6 heteroatoms. The predicted octanol–water partition coefficient (Wildman–Crippen LogP) is 1.85. The lowest BCUT2D eigenvalue weighted by molar-refractivity contribution is 0.240. The lowest BCUT2D eigenvalue weighted by Crippen LogP contribution is -2.02. The molecule has 0 amide bonds. The number of aliphatic hydroxyl groups is 1. The Morgan fingerprint density at radius 3 is 2.60 bits per heavy atom. The highest BCUT2D eigenvalue weighted by Crippen LogP contribution is 2.20. The standard InChI is InChI=1S/C14H11FO5/c15-10-5-8(1-3-11(10)17)2-4-13-14(19)12(18)6-9(7-16)20-13/h1-6,16-17,19H,7H2/b4-2+. The number of phenolic OH excluding ortho intramolecular Hbond substituents is 1. The smallest absolute Gasteiger partial charge is 0.227 e. The predicted molar refractivity (Wildman–Crippen MR) is 69.6 cm³/mol. The molecule has 2 rings (SSSR count). The van der Waals surface area contributed by atoms with E-state index < -0.39 is 29.4 Å². The van der Waals surface area contributed by atoms with E-state index in [2.05, 4.69) is 0 Å². The summed E-state index contributed by atoms with van der Waals surface area (Å²) in [4.78, 5) is 11.4. The Hall–Kier alpha value is -2.60. The Kier molecular flexibility index (Phi) is 3.86. The second-order valence-corrected chi connectivity index (χ2v) is 3.99. The maximum Gasteiger partial charge on any atom is 0.227 e. The minimum absolute atomic E-state index is 0.00402. The third-order valence-electron chi connectivity index (χ3n) is 2.55. The lowest BCUT2D eigenvalue weighted by Gasteiger charge is -2.01. The summed E-state index contributed by atoms with van der Waals surface area (Å²) < 4.78 is 18.2. The summed E-state index contributed by atoms with van der Waals surface area (Å²) >= 11 is 0. The van der Waals surface area contributed by atoms with Gasteiger partial charge in [-0.1, -0.05) is 12.1 Å². The highest BCUT2D eigenvalue weighted by Gasteiger charge is 2.08. The van der Waals surface area contributed by atoms with E-state index in [4.69, 9.17) is 14.6 Å². The van der Waals surface area contributed by atoms with Crippen molar-refractivity contribution < 1.29 is 24.1 Å². The van der Waals surface area contributed by atoms with Crippen LogP contribution in [0.4, 0.5) is 4.39 Å². The molecule has 0 radical (unpaired) electrons. The van der Waals surface area contributed by atoms with Crippen LogP contribution in [0.25, 0.3) is 12.2 Å². The topological polar surface area (TPSA) is 90.9 Å². The number of rotatable bonds is 3. The van der Waals surface area contributed by atoms with Crippen LogP contribution < -0.4 is 5.43 Å². The first kappa shape index (κ1) is 13.8. The van der Waals surface area contributed by atoms with E-state index in [1.807, 2.05) is 0 Å². The molecule has 0 unspecified atom stereocenters. The molecule has 1 aromatic heterocycles. The molecule has 0 saturated heterocycles. The molecule has 20 heavy (non-hydrogen) atoms. The van der Waals surface area contributed by atoms with Crippen LogP contribution >= 0.6 is 0 Å². The van der Waals surface area contributed by atoms with Gasteiger partial charge in [0.05, 0.1) is 0 Å². The molecule has 0 spiro atoms. The van der Waals surface area contributed by atoms with Crippen molar-refractivity contribution in [2.75, 3.05) is 0 Å². The van der Waals surface area contributed by atoms with E-state index in [1.54, 1.807) is 0 Å². The lowest BCUT2D eigenvalue weighted by atomic mass is 10.2. The van der Waals surface area contributed by atoms with Gasteiger partial charge in [-0.2, -0.15) is 0 Å². The largest absolute Gasteiger partial charge is 0.505 e. The number of hydrogen-bond acceptors (Lipinski definition) is 5. The Bertz CT molecular complexity index is 718. The minimum atomic E-state index is -0.790. The third kappa shape index (κ3) is 2.86. The Labute approximate surface area is 112 Å². The van der Waals surface area contributed by atoms with Crippen molar-refractivity contribution in [2.45, 2.75) is 6.61 Å². The van der Waals surface area contributed by atoms with Gasteiger partial charge < -0.3 is 19.7 Å². The first-order chi connectivity index (χ1) is 9.51. The summed E-state index contributed by atoms with van der Waals surface area (Å²) in [6.45, 7) is -0.482. The van der Waals surface area contributed by atoms with Crippen molar-refractivity contribution in [1.29, 1.82) is 0 Å². The molecule has 0 aliphatic carbocycles. The number of hydrogen-bond donors (Lipinski definition) is 3. The van der Waals surface area contributed by atoms with Gasteiger partial charge in [0.25, 0.3) is 0 Å². The molecule has 0 atom stereocenters. The van der Waals surface area contributed by atoms with Crippen LogP contribution in [0, 0.1) is 5.82 Å². The molecule has 0 fully saturated rings. The van der Waals surface area contributed by atoms with E-state index in [1.165, 1.54) is 24.3 Å². The molecule has 0 saturated carbocycles. The number of aromatic hydroxyl groups is 2. The zero-order valence-electron chi connectivity index (χ0n) is 10.2. The van der Waals surface area contributed by atoms with Gasteiger partial charge in [-0.05, 0) is 23.8 Å². The summed E-state index contributed by atoms with van der Waals surface area (Å²) in [5.41, 5.74) is -0.284. The SMILES string of the molecule is O=c1cc(CO)oc(/C=C/c2ccc(O)c(F)c2)c1O. The quantitative estimate of drug-likeness (QED) is 0.797. The summed E-state index contributed by atoms with van der Waals surface area (Å²) in [5, 5.41) is 27.5. The van der Waals surface area contributed by atoms with Gasteiger partial charge in [-0.25, -0.2) is 4.39 Å². The Morgan fingerprint density at radius 1 is 1.20 bits per heavy atom. The second kappa shape index (κ2) is 5.58. The van der Waals surface area contributed by atoms with Crippen LogP contribution in [0.3, 0.4) is 0 Å². The zero-order chi connectivity index (χ0) is 14.7. The van der Waals surface area contributed by atoms with Crippen molar-refractivity contribution in [2.24, 2.45) is 0 Å².